The van der Waals surface area contributed by atoms with Gasteiger partial charge in [-0.15, -0.1) is 0 Å². The molecule has 0 aromatic heterocycles. The van der Waals surface area contributed by atoms with Gasteiger partial charge in [-0.2, -0.15) is 0 Å². The molecule has 0 bridgehead atoms. The zero-order chi connectivity index (χ0) is 18.8. The fourth-order valence-corrected chi connectivity index (χ4v) is 2.88. The summed E-state index contributed by atoms with van der Waals surface area (Å²) in [6, 6.07) is 5.56. The van der Waals surface area contributed by atoms with Gasteiger partial charge in [0.2, 0.25) is 5.91 Å². The van der Waals surface area contributed by atoms with Crippen LogP contribution in [0.5, 0.6) is 0 Å². The minimum absolute atomic E-state index is 0.0439. The molecule has 5 heteroatoms. The Kier molecular flexibility index (Phi) is 5.76. The van der Waals surface area contributed by atoms with Gasteiger partial charge in [0, 0.05) is 44.0 Å². The Balaban J connectivity index is 2.29. The van der Waals surface area contributed by atoms with Gasteiger partial charge >= 0.3 is 0 Å². The Morgan fingerprint density at radius 2 is 1.76 bits per heavy atom. The van der Waals surface area contributed by atoms with Crippen LogP contribution in [0.4, 0.5) is 11.4 Å². The minimum atomic E-state index is -0.479. The van der Waals surface area contributed by atoms with E-state index in [1.54, 1.807) is 6.07 Å². The molecule has 2 rings (SSSR count). The first-order chi connectivity index (χ1) is 11.6. The van der Waals surface area contributed by atoms with Crippen molar-refractivity contribution in [3.05, 3.63) is 23.8 Å². The fourth-order valence-electron chi connectivity index (χ4n) is 2.88. The molecule has 138 valence electrons. The van der Waals surface area contributed by atoms with Crippen LogP contribution in [-0.4, -0.2) is 43.9 Å². The zero-order valence-electron chi connectivity index (χ0n) is 16.3. The Bertz CT molecular complexity index is 639. The summed E-state index contributed by atoms with van der Waals surface area (Å²) in [5.74, 6) is 0.660. The van der Waals surface area contributed by atoms with Crippen LogP contribution in [-0.2, 0) is 4.79 Å². The highest BCUT2D eigenvalue weighted by atomic mass is 16.2. The van der Waals surface area contributed by atoms with Crippen LogP contribution in [0.25, 0.3) is 0 Å². The largest absolute Gasteiger partial charge is 0.377 e. The molecule has 1 N–H and O–H groups in total. The average Bonchev–Trinajstić information content (AvgIpc) is 2.53. The molecule has 0 spiro atoms. The van der Waals surface area contributed by atoms with Crippen molar-refractivity contribution in [2.45, 2.75) is 40.5 Å². The van der Waals surface area contributed by atoms with Crippen molar-refractivity contribution in [3.63, 3.8) is 0 Å². The molecule has 1 aromatic carbocycles. The van der Waals surface area contributed by atoms with Crippen molar-refractivity contribution in [1.82, 2.24) is 4.90 Å². The van der Waals surface area contributed by atoms with Gasteiger partial charge in [0.15, 0.2) is 0 Å². The standard InChI is InChI=1S/C20H31N3O2/c1-14-9-11-23(12-10-14)18(24)16-13-15(7-8-17(16)22(5)6)21-19(25)20(2,3)4/h7-8,13-14H,9-12H2,1-6H3,(H,21,25). The predicted octanol–water partition coefficient (Wildman–Crippen LogP) is 3.61. The number of carbonyl (C=O) groups excluding carboxylic acids is 2. The van der Waals surface area contributed by atoms with E-state index in [1.807, 2.05) is 56.8 Å². The number of anilines is 2. The number of hydrogen-bond donors (Lipinski definition) is 1. The third-order valence-electron chi connectivity index (χ3n) is 4.72. The minimum Gasteiger partial charge on any atom is -0.377 e. The SMILES string of the molecule is CC1CCN(C(=O)c2cc(NC(=O)C(C)(C)C)ccc2N(C)C)CC1. The van der Waals surface area contributed by atoms with Gasteiger partial charge in [-0.3, -0.25) is 9.59 Å². The molecule has 1 saturated heterocycles. The van der Waals surface area contributed by atoms with Crippen LogP contribution >= 0.6 is 0 Å². The molecule has 1 aliphatic rings. The summed E-state index contributed by atoms with van der Waals surface area (Å²) >= 11 is 0. The molecule has 0 unspecified atom stereocenters. The number of amides is 2. The van der Waals surface area contributed by atoms with Crippen LogP contribution in [0.3, 0.4) is 0 Å². The van der Waals surface area contributed by atoms with Crippen molar-refractivity contribution >= 4 is 23.2 Å². The lowest BCUT2D eigenvalue weighted by molar-refractivity contribution is -0.123. The maximum Gasteiger partial charge on any atom is 0.256 e. The average molecular weight is 345 g/mol. The summed E-state index contributed by atoms with van der Waals surface area (Å²) in [4.78, 5) is 29.2. The molecule has 1 aliphatic heterocycles. The van der Waals surface area contributed by atoms with E-state index in [0.717, 1.165) is 31.6 Å². The Morgan fingerprint density at radius 3 is 2.28 bits per heavy atom. The normalized spacial score (nSPS) is 15.8. The monoisotopic (exact) mass is 345 g/mol. The summed E-state index contributed by atoms with van der Waals surface area (Å²) < 4.78 is 0. The molecular formula is C20H31N3O2. The quantitative estimate of drug-likeness (QED) is 0.910. The van der Waals surface area contributed by atoms with Crippen LogP contribution < -0.4 is 10.2 Å². The first-order valence-corrected chi connectivity index (χ1v) is 9.01. The Morgan fingerprint density at radius 1 is 1.16 bits per heavy atom. The van der Waals surface area contributed by atoms with Crippen molar-refractivity contribution < 1.29 is 9.59 Å². The lowest BCUT2D eigenvalue weighted by Gasteiger charge is -2.31. The molecule has 5 nitrogen and oxygen atoms in total. The second kappa shape index (κ2) is 7.46. The van der Waals surface area contributed by atoms with E-state index < -0.39 is 5.41 Å². The molecule has 1 heterocycles. The summed E-state index contributed by atoms with van der Waals surface area (Å²) in [6.45, 7) is 9.44. The van der Waals surface area contributed by atoms with Crippen LogP contribution in [0.2, 0.25) is 0 Å². The number of rotatable bonds is 3. The maximum atomic E-state index is 13.1. The Hall–Kier alpha value is -2.04. The van der Waals surface area contributed by atoms with E-state index in [0.29, 0.717) is 17.2 Å². The highest BCUT2D eigenvalue weighted by Gasteiger charge is 2.25. The summed E-state index contributed by atoms with van der Waals surface area (Å²) in [5, 5.41) is 2.93. The van der Waals surface area contributed by atoms with Crippen molar-refractivity contribution in [1.29, 1.82) is 0 Å². The number of nitrogens with zero attached hydrogens (tertiary/aromatic N) is 2. The molecule has 0 atom stereocenters. The molecule has 0 aliphatic carbocycles. The Labute approximate surface area is 151 Å². The molecule has 0 saturated carbocycles. The highest BCUT2D eigenvalue weighted by molar-refractivity contribution is 6.02. The number of likely N-dealkylation sites (tertiary alicyclic amines) is 1. The van der Waals surface area contributed by atoms with Gasteiger partial charge < -0.3 is 15.1 Å². The molecule has 0 radical (unpaired) electrons. The van der Waals surface area contributed by atoms with Crippen LogP contribution in [0, 0.1) is 11.3 Å². The van der Waals surface area contributed by atoms with E-state index in [2.05, 4.69) is 12.2 Å². The van der Waals surface area contributed by atoms with Crippen molar-refractivity contribution in [2.75, 3.05) is 37.4 Å². The van der Waals surface area contributed by atoms with E-state index in [-0.39, 0.29) is 11.8 Å². The van der Waals surface area contributed by atoms with Gasteiger partial charge in [0.05, 0.1) is 5.56 Å². The third-order valence-corrected chi connectivity index (χ3v) is 4.72. The number of benzene rings is 1. The van der Waals surface area contributed by atoms with Gasteiger partial charge in [-0.05, 0) is 37.0 Å². The second-order valence-corrected chi connectivity index (χ2v) is 8.31. The fraction of sp³-hybridized carbons (Fsp3) is 0.600. The molecule has 2 amide bonds. The topological polar surface area (TPSA) is 52.7 Å². The lowest BCUT2D eigenvalue weighted by Crippen LogP contribution is -2.38. The maximum absolute atomic E-state index is 13.1. The first kappa shape index (κ1) is 19.3. The third kappa shape index (κ3) is 4.74. The summed E-state index contributed by atoms with van der Waals surface area (Å²) in [6.07, 6.45) is 2.09. The molecule has 1 aromatic rings. The molecule has 25 heavy (non-hydrogen) atoms. The van der Waals surface area contributed by atoms with Gasteiger partial charge in [-0.25, -0.2) is 0 Å². The lowest BCUT2D eigenvalue weighted by atomic mass is 9.95. The summed E-state index contributed by atoms with van der Waals surface area (Å²) in [7, 11) is 3.86. The number of nitrogens with one attached hydrogen (secondary N) is 1. The number of hydrogen-bond acceptors (Lipinski definition) is 3. The molecule has 1 fully saturated rings. The van der Waals surface area contributed by atoms with Crippen LogP contribution in [0.1, 0.15) is 50.9 Å². The van der Waals surface area contributed by atoms with Gasteiger partial charge in [0.25, 0.3) is 5.91 Å². The smallest absolute Gasteiger partial charge is 0.256 e. The number of piperidine rings is 1. The second-order valence-electron chi connectivity index (χ2n) is 8.31. The summed E-state index contributed by atoms with van der Waals surface area (Å²) in [5.41, 5.74) is 1.70. The van der Waals surface area contributed by atoms with E-state index in [1.165, 1.54) is 0 Å². The van der Waals surface area contributed by atoms with E-state index in [4.69, 9.17) is 0 Å². The number of carbonyl (C=O) groups is 2. The van der Waals surface area contributed by atoms with Gasteiger partial charge in [0.1, 0.15) is 0 Å². The highest BCUT2D eigenvalue weighted by Crippen LogP contribution is 2.27. The van der Waals surface area contributed by atoms with Crippen LogP contribution in [0.15, 0.2) is 18.2 Å². The molecular weight excluding hydrogens is 314 g/mol. The van der Waals surface area contributed by atoms with Gasteiger partial charge in [-0.1, -0.05) is 27.7 Å². The van der Waals surface area contributed by atoms with E-state index >= 15 is 0 Å². The zero-order valence-corrected chi connectivity index (χ0v) is 16.3. The predicted molar refractivity (Wildman–Crippen MR) is 103 cm³/mol. The first-order valence-electron chi connectivity index (χ1n) is 9.01. The van der Waals surface area contributed by atoms with Crippen molar-refractivity contribution in [2.24, 2.45) is 11.3 Å². The van der Waals surface area contributed by atoms with E-state index in [9.17, 15) is 9.59 Å². The van der Waals surface area contributed by atoms with Crippen molar-refractivity contribution in [3.8, 4) is 0 Å².